The highest BCUT2D eigenvalue weighted by Crippen LogP contribution is 2.45. The van der Waals surface area contributed by atoms with Crippen molar-refractivity contribution in [3.63, 3.8) is 0 Å². The fourth-order valence-corrected chi connectivity index (χ4v) is 5.84. The zero-order valence-electron chi connectivity index (χ0n) is 20.0. The van der Waals surface area contributed by atoms with E-state index in [0.29, 0.717) is 6.42 Å². The van der Waals surface area contributed by atoms with Crippen molar-refractivity contribution < 1.29 is 45.5 Å². The molecule has 1 spiro atoms. The SMILES string of the molecule is Cc1ccc(S(=O)(=O)O[C@@H]2[C@@H](n3cc(-c4cc(F)c(F)c(F)c4)nn3)[C@@H](O)[C@@H](CO)O[C@@]23CCCO3)cc1. The number of nitrogens with zero attached hydrogens (tertiary/aromatic N) is 3. The molecule has 38 heavy (non-hydrogen) atoms. The number of aliphatic hydroxyl groups excluding tert-OH is 2. The van der Waals surface area contributed by atoms with Gasteiger partial charge < -0.3 is 19.7 Å². The summed E-state index contributed by atoms with van der Waals surface area (Å²) in [5.41, 5.74) is 0.580. The summed E-state index contributed by atoms with van der Waals surface area (Å²) in [6.07, 6.45) is -2.45. The van der Waals surface area contributed by atoms with E-state index in [0.717, 1.165) is 22.4 Å². The van der Waals surface area contributed by atoms with Gasteiger partial charge in [0.25, 0.3) is 10.1 Å². The lowest BCUT2D eigenvalue weighted by Gasteiger charge is -2.48. The van der Waals surface area contributed by atoms with Crippen LogP contribution < -0.4 is 0 Å². The molecule has 0 saturated carbocycles. The van der Waals surface area contributed by atoms with Crippen LogP contribution in [0.15, 0.2) is 47.5 Å². The Morgan fingerprint density at radius 1 is 1.18 bits per heavy atom. The Hall–Kier alpha value is -2.88. The predicted octanol–water partition coefficient (Wildman–Crippen LogP) is 2.24. The predicted molar refractivity (Wildman–Crippen MR) is 123 cm³/mol. The summed E-state index contributed by atoms with van der Waals surface area (Å²) >= 11 is 0. The molecule has 2 aromatic carbocycles. The minimum atomic E-state index is -4.43. The lowest BCUT2D eigenvalue weighted by molar-refractivity contribution is -0.333. The Morgan fingerprint density at radius 3 is 2.47 bits per heavy atom. The molecule has 2 aliphatic rings. The Labute approximate surface area is 215 Å². The van der Waals surface area contributed by atoms with Gasteiger partial charge >= 0.3 is 0 Å². The average Bonchev–Trinajstić information content (AvgIpc) is 3.55. The molecule has 3 aromatic rings. The average molecular weight is 556 g/mol. The third-order valence-electron chi connectivity index (χ3n) is 6.66. The van der Waals surface area contributed by atoms with E-state index in [1.807, 2.05) is 0 Å². The first kappa shape index (κ1) is 26.7. The number of hydrogen-bond acceptors (Lipinski definition) is 9. The van der Waals surface area contributed by atoms with Crippen LogP contribution in [0.4, 0.5) is 13.2 Å². The molecule has 3 heterocycles. The van der Waals surface area contributed by atoms with Gasteiger partial charge in [0, 0.05) is 12.0 Å². The van der Waals surface area contributed by atoms with E-state index in [2.05, 4.69) is 10.3 Å². The second kappa shape index (κ2) is 10.0. The quantitative estimate of drug-likeness (QED) is 0.347. The summed E-state index contributed by atoms with van der Waals surface area (Å²) in [5.74, 6) is -6.20. The number of benzene rings is 2. The molecule has 204 valence electrons. The fraction of sp³-hybridized carbons (Fsp3) is 0.417. The molecule has 0 amide bonds. The molecule has 0 bridgehead atoms. The number of ether oxygens (including phenoxy) is 2. The standard InChI is InChI=1S/C24H24F3N3O7S/c1-13-3-5-15(6-4-13)38(33,34)37-23-21(22(32)19(12-31)36-24(23)7-2-8-35-24)30-11-18(28-29-30)14-9-16(25)20(27)17(26)10-14/h3-6,9-11,19,21-23,31-32H,2,7-8,12H2,1H3/t19-,21+,22+,23-,24+/m1/s1. The number of aromatic nitrogens is 3. The summed E-state index contributed by atoms with van der Waals surface area (Å²) in [7, 11) is -4.43. The van der Waals surface area contributed by atoms with E-state index in [4.69, 9.17) is 13.7 Å². The van der Waals surface area contributed by atoms with Crippen LogP contribution in [0.3, 0.4) is 0 Å². The van der Waals surface area contributed by atoms with Crippen molar-refractivity contribution >= 4 is 10.1 Å². The van der Waals surface area contributed by atoms with Gasteiger partial charge in [-0.3, -0.25) is 4.18 Å². The van der Waals surface area contributed by atoms with Crippen molar-refractivity contribution in [3.05, 3.63) is 65.6 Å². The van der Waals surface area contributed by atoms with Crippen molar-refractivity contribution in [1.82, 2.24) is 15.0 Å². The highest BCUT2D eigenvalue weighted by Gasteiger charge is 2.60. The van der Waals surface area contributed by atoms with Gasteiger partial charge in [-0.1, -0.05) is 22.9 Å². The van der Waals surface area contributed by atoms with E-state index < -0.39 is 64.3 Å². The summed E-state index contributed by atoms with van der Waals surface area (Å²) in [5, 5.41) is 28.8. The maximum Gasteiger partial charge on any atom is 0.297 e. The van der Waals surface area contributed by atoms with Crippen molar-refractivity contribution in [3.8, 4) is 11.3 Å². The number of halogens is 3. The zero-order chi connectivity index (χ0) is 27.2. The second-order valence-corrected chi connectivity index (χ2v) is 10.8. The summed E-state index contributed by atoms with van der Waals surface area (Å²) in [6.45, 7) is 1.34. The minimum Gasteiger partial charge on any atom is -0.394 e. The molecule has 2 saturated heterocycles. The van der Waals surface area contributed by atoms with E-state index in [1.54, 1.807) is 19.1 Å². The summed E-state index contributed by atoms with van der Waals surface area (Å²) in [4.78, 5) is -0.148. The van der Waals surface area contributed by atoms with Gasteiger partial charge in [-0.2, -0.15) is 8.42 Å². The van der Waals surface area contributed by atoms with Gasteiger partial charge in [0.1, 0.15) is 23.9 Å². The van der Waals surface area contributed by atoms with Crippen LogP contribution in [0.25, 0.3) is 11.3 Å². The van der Waals surface area contributed by atoms with Gasteiger partial charge in [0.2, 0.25) is 0 Å². The minimum absolute atomic E-state index is 0.0939. The molecule has 1 aromatic heterocycles. The monoisotopic (exact) mass is 555 g/mol. The van der Waals surface area contributed by atoms with Gasteiger partial charge in [-0.25, -0.2) is 17.9 Å². The highest BCUT2D eigenvalue weighted by molar-refractivity contribution is 7.86. The van der Waals surface area contributed by atoms with Crippen LogP contribution in [-0.4, -0.2) is 70.9 Å². The summed E-state index contributed by atoms with van der Waals surface area (Å²) in [6, 6.07) is 6.02. The van der Waals surface area contributed by atoms with Crippen molar-refractivity contribution in [2.45, 2.75) is 54.8 Å². The molecule has 2 fully saturated rings. The van der Waals surface area contributed by atoms with Gasteiger partial charge in [-0.05, 0) is 37.6 Å². The fourth-order valence-electron chi connectivity index (χ4n) is 4.73. The molecule has 14 heteroatoms. The van der Waals surface area contributed by atoms with E-state index in [9.17, 15) is 31.8 Å². The molecule has 2 aliphatic heterocycles. The van der Waals surface area contributed by atoms with Crippen LogP contribution in [0.5, 0.6) is 0 Å². The smallest absolute Gasteiger partial charge is 0.297 e. The molecular formula is C24H24F3N3O7S. The van der Waals surface area contributed by atoms with Crippen LogP contribution in [0.2, 0.25) is 0 Å². The summed E-state index contributed by atoms with van der Waals surface area (Å²) < 4.78 is 86.1. The Kier molecular flexibility index (Phi) is 7.04. The molecular weight excluding hydrogens is 531 g/mol. The Bertz CT molecular complexity index is 1410. The van der Waals surface area contributed by atoms with E-state index in [1.165, 1.54) is 18.3 Å². The van der Waals surface area contributed by atoms with Crippen LogP contribution in [0, 0.1) is 24.4 Å². The molecule has 0 radical (unpaired) electrons. The zero-order valence-corrected chi connectivity index (χ0v) is 20.8. The number of aliphatic hydroxyl groups is 2. The first-order valence-electron chi connectivity index (χ1n) is 11.7. The van der Waals surface area contributed by atoms with Crippen molar-refractivity contribution in [1.29, 1.82) is 0 Å². The normalized spacial score (nSPS) is 27.7. The highest BCUT2D eigenvalue weighted by atomic mass is 32.2. The maximum atomic E-state index is 13.8. The molecule has 0 aliphatic carbocycles. The second-order valence-electron chi connectivity index (χ2n) is 9.21. The van der Waals surface area contributed by atoms with E-state index in [-0.39, 0.29) is 29.2 Å². The topological polar surface area (TPSA) is 133 Å². The molecule has 5 atom stereocenters. The van der Waals surface area contributed by atoms with Gasteiger partial charge in [-0.15, -0.1) is 5.10 Å². The van der Waals surface area contributed by atoms with E-state index >= 15 is 0 Å². The lowest BCUT2D eigenvalue weighted by Crippen LogP contribution is -2.63. The number of rotatable bonds is 6. The lowest BCUT2D eigenvalue weighted by atomic mass is 9.89. The molecule has 0 unspecified atom stereocenters. The van der Waals surface area contributed by atoms with Crippen LogP contribution >= 0.6 is 0 Å². The van der Waals surface area contributed by atoms with Crippen LogP contribution in [0.1, 0.15) is 24.4 Å². The van der Waals surface area contributed by atoms with Crippen LogP contribution in [-0.2, 0) is 23.8 Å². The first-order chi connectivity index (χ1) is 18.0. The van der Waals surface area contributed by atoms with Crippen molar-refractivity contribution in [2.75, 3.05) is 13.2 Å². The van der Waals surface area contributed by atoms with Gasteiger partial charge in [0.15, 0.2) is 29.3 Å². The maximum absolute atomic E-state index is 13.8. The molecule has 5 rings (SSSR count). The largest absolute Gasteiger partial charge is 0.394 e. The van der Waals surface area contributed by atoms with Crippen molar-refractivity contribution in [2.24, 2.45) is 0 Å². The number of aryl methyl sites for hydroxylation is 1. The third kappa shape index (κ3) is 4.72. The Morgan fingerprint density at radius 2 is 1.87 bits per heavy atom. The molecule has 10 nitrogen and oxygen atoms in total. The van der Waals surface area contributed by atoms with Gasteiger partial charge in [0.05, 0.1) is 24.3 Å². The first-order valence-corrected chi connectivity index (χ1v) is 13.1. The third-order valence-corrected chi connectivity index (χ3v) is 7.97. The number of hydrogen-bond donors (Lipinski definition) is 2. The Balaban J connectivity index is 1.58. The molecule has 2 N–H and O–H groups in total.